The van der Waals surface area contributed by atoms with Crippen LogP contribution in [-0.2, 0) is 14.2 Å². The zero-order valence-electron chi connectivity index (χ0n) is 11.8. The Morgan fingerprint density at radius 2 is 1.71 bits per heavy atom. The Balaban J connectivity index is 3.30. The molecule has 0 radical (unpaired) electrons. The quantitative estimate of drug-likeness (QED) is 0.533. The van der Waals surface area contributed by atoms with E-state index in [1.54, 1.807) is 7.11 Å². The van der Waals surface area contributed by atoms with Crippen LogP contribution in [-0.4, -0.2) is 52.7 Å². The molecule has 0 spiro atoms. The van der Waals surface area contributed by atoms with Crippen LogP contribution in [0.25, 0.3) is 0 Å². The van der Waals surface area contributed by atoms with Crippen LogP contribution in [0.1, 0.15) is 27.2 Å². The first kappa shape index (κ1) is 16.8. The number of rotatable bonds is 12. The molecule has 0 fully saturated rings. The lowest BCUT2D eigenvalue weighted by molar-refractivity contribution is 0.0284. The molecule has 0 heterocycles. The lowest BCUT2D eigenvalue weighted by Gasteiger charge is -2.21. The fourth-order valence-corrected chi connectivity index (χ4v) is 1.48. The van der Waals surface area contributed by atoms with Crippen molar-refractivity contribution in [1.29, 1.82) is 0 Å². The molecule has 0 amide bonds. The zero-order chi connectivity index (χ0) is 12.9. The van der Waals surface area contributed by atoms with Gasteiger partial charge in [0.05, 0.1) is 19.8 Å². The first-order chi connectivity index (χ1) is 8.22. The standard InChI is InChI=1S/C13H29NO3/c1-5-14-13(12(2)3)11-17-10-9-16-8-6-7-15-4/h12-14H,5-11H2,1-4H3. The Morgan fingerprint density at radius 3 is 2.29 bits per heavy atom. The number of nitrogens with one attached hydrogen (secondary N) is 1. The average Bonchev–Trinajstić information content (AvgIpc) is 2.31. The van der Waals surface area contributed by atoms with Gasteiger partial charge in [0.15, 0.2) is 0 Å². The number of methoxy groups -OCH3 is 1. The van der Waals surface area contributed by atoms with Crippen molar-refractivity contribution in [3.05, 3.63) is 0 Å². The predicted octanol–water partition coefficient (Wildman–Crippen LogP) is 1.69. The van der Waals surface area contributed by atoms with Gasteiger partial charge in [0.1, 0.15) is 0 Å². The molecule has 4 nitrogen and oxygen atoms in total. The summed E-state index contributed by atoms with van der Waals surface area (Å²) >= 11 is 0. The first-order valence-electron chi connectivity index (χ1n) is 6.60. The van der Waals surface area contributed by atoms with E-state index in [9.17, 15) is 0 Å². The number of hydrogen-bond donors (Lipinski definition) is 1. The fraction of sp³-hybridized carbons (Fsp3) is 1.00. The Hall–Kier alpha value is -0.160. The van der Waals surface area contributed by atoms with E-state index in [4.69, 9.17) is 14.2 Å². The molecule has 0 saturated carbocycles. The molecule has 0 aliphatic rings. The highest BCUT2D eigenvalue weighted by Gasteiger charge is 2.11. The maximum Gasteiger partial charge on any atom is 0.0701 e. The monoisotopic (exact) mass is 247 g/mol. The Bertz CT molecular complexity index is 154. The van der Waals surface area contributed by atoms with Crippen LogP contribution in [0.4, 0.5) is 0 Å². The highest BCUT2D eigenvalue weighted by atomic mass is 16.5. The van der Waals surface area contributed by atoms with Crippen LogP contribution in [0.15, 0.2) is 0 Å². The van der Waals surface area contributed by atoms with Gasteiger partial charge in [0, 0.05) is 26.4 Å². The van der Waals surface area contributed by atoms with Gasteiger partial charge in [0.2, 0.25) is 0 Å². The minimum absolute atomic E-state index is 0.438. The van der Waals surface area contributed by atoms with Gasteiger partial charge in [0.25, 0.3) is 0 Å². The van der Waals surface area contributed by atoms with Crippen LogP contribution >= 0.6 is 0 Å². The third kappa shape index (κ3) is 10.7. The van der Waals surface area contributed by atoms with Crippen molar-refractivity contribution < 1.29 is 14.2 Å². The smallest absolute Gasteiger partial charge is 0.0701 e. The normalized spacial score (nSPS) is 13.2. The van der Waals surface area contributed by atoms with E-state index in [0.717, 1.165) is 32.8 Å². The molecule has 0 bridgehead atoms. The maximum atomic E-state index is 5.60. The third-order valence-electron chi connectivity index (χ3n) is 2.58. The summed E-state index contributed by atoms with van der Waals surface area (Å²) in [5.41, 5.74) is 0. The fourth-order valence-electron chi connectivity index (χ4n) is 1.48. The molecular formula is C13H29NO3. The minimum atomic E-state index is 0.438. The van der Waals surface area contributed by atoms with Gasteiger partial charge in [-0.2, -0.15) is 0 Å². The second kappa shape index (κ2) is 12.3. The lowest BCUT2D eigenvalue weighted by atomic mass is 10.1. The zero-order valence-corrected chi connectivity index (χ0v) is 11.8. The minimum Gasteiger partial charge on any atom is -0.385 e. The molecule has 1 atom stereocenters. The van der Waals surface area contributed by atoms with E-state index in [-0.39, 0.29) is 0 Å². The van der Waals surface area contributed by atoms with Crippen LogP contribution in [0.3, 0.4) is 0 Å². The molecule has 0 aliphatic carbocycles. The maximum absolute atomic E-state index is 5.60. The number of likely N-dealkylation sites (N-methyl/N-ethyl adjacent to an activating group) is 1. The molecule has 0 aromatic rings. The van der Waals surface area contributed by atoms with Crippen LogP contribution in [0.5, 0.6) is 0 Å². The summed E-state index contributed by atoms with van der Waals surface area (Å²) in [6, 6.07) is 0.438. The summed E-state index contributed by atoms with van der Waals surface area (Å²) in [6.45, 7) is 11.1. The van der Waals surface area contributed by atoms with E-state index in [1.165, 1.54) is 0 Å². The Morgan fingerprint density at radius 1 is 1.00 bits per heavy atom. The van der Waals surface area contributed by atoms with Crippen molar-refractivity contribution in [2.45, 2.75) is 33.2 Å². The molecule has 104 valence electrons. The number of hydrogen-bond acceptors (Lipinski definition) is 4. The molecule has 0 aliphatic heterocycles. The molecular weight excluding hydrogens is 218 g/mol. The van der Waals surface area contributed by atoms with Crippen LogP contribution in [0.2, 0.25) is 0 Å². The van der Waals surface area contributed by atoms with Gasteiger partial charge in [-0.05, 0) is 18.9 Å². The second-order valence-corrected chi connectivity index (χ2v) is 4.44. The molecule has 1 N–H and O–H groups in total. The van der Waals surface area contributed by atoms with E-state index in [1.807, 2.05) is 0 Å². The number of ether oxygens (including phenoxy) is 3. The lowest BCUT2D eigenvalue weighted by Crippen LogP contribution is -2.38. The molecule has 1 unspecified atom stereocenters. The van der Waals surface area contributed by atoms with Gasteiger partial charge in [-0.3, -0.25) is 0 Å². The summed E-state index contributed by atoms with van der Waals surface area (Å²) in [6.07, 6.45) is 0.947. The van der Waals surface area contributed by atoms with Crippen molar-refractivity contribution in [1.82, 2.24) is 5.32 Å². The van der Waals surface area contributed by atoms with Gasteiger partial charge >= 0.3 is 0 Å². The van der Waals surface area contributed by atoms with Gasteiger partial charge in [-0.15, -0.1) is 0 Å². The van der Waals surface area contributed by atoms with Gasteiger partial charge in [-0.1, -0.05) is 20.8 Å². The van der Waals surface area contributed by atoms with E-state index in [2.05, 4.69) is 26.1 Å². The predicted molar refractivity (Wildman–Crippen MR) is 70.4 cm³/mol. The highest BCUT2D eigenvalue weighted by Crippen LogP contribution is 2.01. The van der Waals surface area contributed by atoms with Crippen LogP contribution < -0.4 is 5.32 Å². The van der Waals surface area contributed by atoms with Gasteiger partial charge < -0.3 is 19.5 Å². The first-order valence-corrected chi connectivity index (χ1v) is 6.60. The highest BCUT2D eigenvalue weighted by molar-refractivity contribution is 4.68. The molecule has 17 heavy (non-hydrogen) atoms. The van der Waals surface area contributed by atoms with E-state index >= 15 is 0 Å². The molecule has 0 rings (SSSR count). The van der Waals surface area contributed by atoms with Crippen molar-refractivity contribution in [2.75, 3.05) is 46.7 Å². The van der Waals surface area contributed by atoms with Crippen molar-refractivity contribution in [3.8, 4) is 0 Å². The molecule has 0 saturated heterocycles. The van der Waals surface area contributed by atoms with Gasteiger partial charge in [-0.25, -0.2) is 0 Å². The third-order valence-corrected chi connectivity index (χ3v) is 2.58. The van der Waals surface area contributed by atoms with E-state index < -0.39 is 0 Å². The Kier molecular flexibility index (Phi) is 12.2. The van der Waals surface area contributed by atoms with Crippen molar-refractivity contribution >= 4 is 0 Å². The molecule has 0 aromatic carbocycles. The summed E-state index contributed by atoms with van der Waals surface area (Å²) in [5.74, 6) is 0.595. The largest absolute Gasteiger partial charge is 0.385 e. The topological polar surface area (TPSA) is 39.7 Å². The summed E-state index contributed by atoms with van der Waals surface area (Å²) in [7, 11) is 1.70. The second-order valence-electron chi connectivity index (χ2n) is 4.44. The molecule has 4 heteroatoms. The SMILES string of the molecule is CCNC(COCCOCCCOC)C(C)C. The average molecular weight is 247 g/mol. The molecule has 0 aromatic heterocycles. The summed E-state index contributed by atoms with van der Waals surface area (Å²) in [4.78, 5) is 0. The van der Waals surface area contributed by atoms with E-state index in [0.29, 0.717) is 25.2 Å². The van der Waals surface area contributed by atoms with Crippen molar-refractivity contribution in [2.24, 2.45) is 5.92 Å². The summed E-state index contributed by atoms with van der Waals surface area (Å²) in [5, 5.41) is 3.42. The summed E-state index contributed by atoms with van der Waals surface area (Å²) < 4.78 is 15.9. The Labute approximate surface area is 106 Å². The van der Waals surface area contributed by atoms with Crippen molar-refractivity contribution in [3.63, 3.8) is 0 Å². The van der Waals surface area contributed by atoms with Crippen LogP contribution in [0, 0.1) is 5.92 Å².